The Morgan fingerprint density at radius 1 is 0.833 bits per heavy atom. The normalized spacial score (nSPS) is 23.3. The number of carbonyl (C=O) groups is 1. The van der Waals surface area contributed by atoms with E-state index in [9.17, 15) is 4.79 Å². The van der Waals surface area contributed by atoms with Crippen molar-refractivity contribution >= 4 is 23.2 Å². The zero-order valence-corrected chi connectivity index (χ0v) is 17.2. The van der Waals surface area contributed by atoms with Gasteiger partial charge in [0.25, 0.3) is 0 Å². The van der Waals surface area contributed by atoms with Gasteiger partial charge in [-0.15, -0.1) is 0 Å². The molecule has 3 fully saturated rings. The summed E-state index contributed by atoms with van der Waals surface area (Å²) in [5.41, 5.74) is 1.00. The van der Waals surface area contributed by atoms with Gasteiger partial charge in [0.15, 0.2) is 0 Å². The van der Waals surface area contributed by atoms with Crippen molar-refractivity contribution in [3.05, 3.63) is 42.7 Å². The number of piperazine rings is 1. The topological polar surface area (TPSA) is 65.0 Å². The summed E-state index contributed by atoms with van der Waals surface area (Å²) in [6, 6.07) is 12.1. The number of morpholine rings is 1. The fourth-order valence-electron chi connectivity index (χ4n) is 4.61. The standard InChI is InChI=1S/C22H28N6O2/c29-22-19(6-7-28(22)18-4-2-1-3-5-18)25-8-10-26(11-9-25)20-16-21(24-17-23-20)27-12-14-30-15-13-27/h1-5,16-17,19H,6-15H2. The zero-order valence-electron chi connectivity index (χ0n) is 17.2. The number of rotatable bonds is 4. The van der Waals surface area contributed by atoms with E-state index in [1.54, 1.807) is 6.33 Å². The third kappa shape index (κ3) is 3.85. The van der Waals surface area contributed by atoms with E-state index in [1.807, 2.05) is 35.2 Å². The second-order valence-corrected chi connectivity index (χ2v) is 7.99. The summed E-state index contributed by atoms with van der Waals surface area (Å²) in [5.74, 6) is 2.16. The summed E-state index contributed by atoms with van der Waals surface area (Å²) in [6.45, 7) is 7.50. The van der Waals surface area contributed by atoms with E-state index in [4.69, 9.17) is 4.74 Å². The van der Waals surface area contributed by atoms with Crippen LogP contribution in [0.5, 0.6) is 0 Å². The van der Waals surface area contributed by atoms with E-state index in [1.165, 1.54) is 0 Å². The Hall–Kier alpha value is -2.71. The highest BCUT2D eigenvalue weighted by Crippen LogP contribution is 2.26. The van der Waals surface area contributed by atoms with Gasteiger partial charge in [-0.3, -0.25) is 9.69 Å². The Morgan fingerprint density at radius 3 is 2.20 bits per heavy atom. The van der Waals surface area contributed by atoms with E-state index in [0.717, 1.165) is 82.8 Å². The second-order valence-electron chi connectivity index (χ2n) is 7.99. The molecule has 30 heavy (non-hydrogen) atoms. The molecule has 3 aliphatic rings. The predicted octanol–water partition coefficient (Wildman–Crippen LogP) is 1.24. The van der Waals surface area contributed by atoms with Gasteiger partial charge in [0.2, 0.25) is 5.91 Å². The number of benzene rings is 1. The lowest BCUT2D eigenvalue weighted by Crippen LogP contribution is -2.52. The Labute approximate surface area is 177 Å². The molecule has 0 radical (unpaired) electrons. The van der Waals surface area contributed by atoms with Crippen LogP contribution in [0.1, 0.15) is 6.42 Å². The van der Waals surface area contributed by atoms with Crippen LogP contribution in [0.15, 0.2) is 42.7 Å². The van der Waals surface area contributed by atoms with Crippen molar-refractivity contribution < 1.29 is 9.53 Å². The van der Waals surface area contributed by atoms with Crippen molar-refractivity contribution in [3.63, 3.8) is 0 Å². The highest BCUT2D eigenvalue weighted by molar-refractivity contribution is 5.99. The van der Waals surface area contributed by atoms with Gasteiger partial charge in [0.1, 0.15) is 18.0 Å². The zero-order chi connectivity index (χ0) is 20.3. The van der Waals surface area contributed by atoms with Crippen LogP contribution in [-0.2, 0) is 9.53 Å². The molecule has 4 heterocycles. The summed E-state index contributed by atoms with van der Waals surface area (Å²) in [6.07, 6.45) is 2.55. The van der Waals surface area contributed by atoms with Crippen molar-refractivity contribution in [2.45, 2.75) is 12.5 Å². The lowest BCUT2D eigenvalue weighted by atomic mass is 10.2. The lowest BCUT2D eigenvalue weighted by Gasteiger charge is -2.38. The summed E-state index contributed by atoms with van der Waals surface area (Å²) < 4.78 is 5.44. The van der Waals surface area contributed by atoms with Crippen LogP contribution in [0, 0.1) is 0 Å². The predicted molar refractivity (Wildman–Crippen MR) is 116 cm³/mol. The fraction of sp³-hybridized carbons (Fsp3) is 0.500. The molecule has 0 bridgehead atoms. The number of hydrogen-bond acceptors (Lipinski definition) is 7. The van der Waals surface area contributed by atoms with E-state index in [2.05, 4.69) is 30.7 Å². The summed E-state index contributed by atoms with van der Waals surface area (Å²) >= 11 is 0. The Bertz CT molecular complexity index is 865. The van der Waals surface area contributed by atoms with Crippen LogP contribution in [-0.4, -0.2) is 85.8 Å². The third-order valence-electron chi connectivity index (χ3n) is 6.30. The molecule has 1 unspecified atom stereocenters. The van der Waals surface area contributed by atoms with Crippen LogP contribution >= 0.6 is 0 Å². The molecule has 0 aliphatic carbocycles. The molecule has 3 aliphatic heterocycles. The number of amides is 1. The van der Waals surface area contributed by atoms with Crippen molar-refractivity contribution in [1.29, 1.82) is 0 Å². The molecule has 158 valence electrons. The number of aromatic nitrogens is 2. The van der Waals surface area contributed by atoms with E-state index >= 15 is 0 Å². The van der Waals surface area contributed by atoms with Gasteiger partial charge in [0.05, 0.1) is 19.3 Å². The fourth-order valence-corrected chi connectivity index (χ4v) is 4.61. The molecular formula is C22H28N6O2. The number of anilines is 3. The van der Waals surface area contributed by atoms with Crippen molar-refractivity contribution in [2.75, 3.05) is 73.7 Å². The first-order valence-electron chi connectivity index (χ1n) is 10.8. The van der Waals surface area contributed by atoms with Crippen LogP contribution in [0.3, 0.4) is 0 Å². The van der Waals surface area contributed by atoms with E-state index < -0.39 is 0 Å². The van der Waals surface area contributed by atoms with Gasteiger partial charge in [-0.1, -0.05) is 18.2 Å². The maximum absolute atomic E-state index is 13.0. The molecule has 2 aromatic rings. The van der Waals surface area contributed by atoms with E-state index in [0.29, 0.717) is 0 Å². The molecule has 1 atom stereocenters. The van der Waals surface area contributed by atoms with Gasteiger partial charge in [-0.25, -0.2) is 9.97 Å². The van der Waals surface area contributed by atoms with Crippen LogP contribution in [0.4, 0.5) is 17.3 Å². The average molecular weight is 409 g/mol. The molecule has 0 N–H and O–H groups in total. The second kappa shape index (κ2) is 8.57. The van der Waals surface area contributed by atoms with E-state index in [-0.39, 0.29) is 11.9 Å². The smallest absolute Gasteiger partial charge is 0.244 e. The third-order valence-corrected chi connectivity index (χ3v) is 6.30. The molecule has 8 heteroatoms. The van der Waals surface area contributed by atoms with Crippen LogP contribution in [0.25, 0.3) is 0 Å². The number of para-hydroxylation sites is 1. The minimum atomic E-state index is -0.0123. The molecule has 1 aromatic heterocycles. The highest BCUT2D eigenvalue weighted by atomic mass is 16.5. The molecular weight excluding hydrogens is 380 g/mol. The van der Waals surface area contributed by atoms with Crippen molar-refractivity contribution in [2.24, 2.45) is 0 Å². The SMILES string of the molecule is O=C1C(N2CCN(c3cc(N4CCOCC4)ncn3)CC2)CCN1c1ccccc1. The average Bonchev–Trinajstić information content (AvgIpc) is 3.22. The largest absolute Gasteiger partial charge is 0.378 e. The van der Waals surface area contributed by atoms with Crippen molar-refractivity contribution in [1.82, 2.24) is 14.9 Å². The van der Waals surface area contributed by atoms with Gasteiger partial charge >= 0.3 is 0 Å². The number of hydrogen-bond donors (Lipinski definition) is 0. The first kappa shape index (κ1) is 19.3. The summed E-state index contributed by atoms with van der Waals surface area (Å²) in [4.78, 5) is 30.8. The molecule has 0 saturated carbocycles. The molecule has 8 nitrogen and oxygen atoms in total. The van der Waals surface area contributed by atoms with Gasteiger partial charge in [-0.2, -0.15) is 0 Å². The molecule has 3 saturated heterocycles. The van der Waals surface area contributed by atoms with Gasteiger partial charge < -0.3 is 19.4 Å². The maximum Gasteiger partial charge on any atom is 0.244 e. The lowest BCUT2D eigenvalue weighted by molar-refractivity contribution is -0.121. The first-order valence-corrected chi connectivity index (χ1v) is 10.8. The Morgan fingerprint density at radius 2 is 1.50 bits per heavy atom. The molecule has 1 aromatic carbocycles. The van der Waals surface area contributed by atoms with Crippen LogP contribution < -0.4 is 14.7 Å². The molecule has 0 spiro atoms. The molecule has 1 amide bonds. The minimum Gasteiger partial charge on any atom is -0.378 e. The number of nitrogens with zero attached hydrogens (tertiary/aromatic N) is 6. The first-order chi connectivity index (χ1) is 14.8. The monoisotopic (exact) mass is 408 g/mol. The van der Waals surface area contributed by atoms with Crippen LogP contribution in [0.2, 0.25) is 0 Å². The number of carbonyl (C=O) groups excluding carboxylic acids is 1. The summed E-state index contributed by atoms with van der Waals surface area (Å²) in [7, 11) is 0. The number of ether oxygens (including phenoxy) is 1. The minimum absolute atomic E-state index is 0.0123. The Balaban J connectivity index is 1.20. The van der Waals surface area contributed by atoms with Gasteiger partial charge in [0, 0.05) is 57.6 Å². The van der Waals surface area contributed by atoms with Gasteiger partial charge in [-0.05, 0) is 18.6 Å². The quantitative estimate of drug-likeness (QED) is 0.754. The maximum atomic E-state index is 13.0. The van der Waals surface area contributed by atoms with Crippen molar-refractivity contribution in [3.8, 4) is 0 Å². The Kier molecular flexibility index (Phi) is 5.50. The highest BCUT2D eigenvalue weighted by Gasteiger charge is 2.37. The summed E-state index contributed by atoms with van der Waals surface area (Å²) in [5, 5.41) is 0. The molecule has 5 rings (SSSR count).